The first-order valence-electron chi connectivity index (χ1n) is 14.7. The Morgan fingerprint density at radius 3 is 2.58 bits per heavy atom. The van der Waals surface area contributed by atoms with Crippen LogP contribution in [0, 0.1) is 6.92 Å². The lowest BCUT2D eigenvalue weighted by Crippen LogP contribution is -2.58. The van der Waals surface area contributed by atoms with Gasteiger partial charge in [0.25, 0.3) is 5.56 Å². The Kier molecular flexibility index (Phi) is 7.83. The Bertz CT molecular complexity index is 1790. The monoisotopic (exact) mass is 601 g/mol. The van der Waals surface area contributed by atoms with Crippen LogP contribution in [0.4, 0.5) is 5.82 Å². The number of carbonyl (C=O) groups is 1. The number of hydrogen-bond acceptors (Lipinski definition) is 8. The maximum absolute atomic E-state index is 14.4. The molecule has 6 rings (SSSR count). The second-order valence-corrected chi connectivity index (χ2v) is 12.0. The Morgan fingerprint density at radius 1 is 1.09 bits per heavy atom. The van der Waals surface area contributed by atoms with Crippen molar-refractivity contribution in [3.05, 3.63) is 70.3 Å². The molecule has 0 radical (unpaired) electrons. The third-order valence-corrected chi connectivity index (χ3v) is 9.03. The molecule has 224 valence electrons. The lowest BCUT2D eigenvalue weighted by molar-refractivity contribution is -0.128. The van der Waals surface area contributed by atoms with Crippen LogP contribution >= 0.6 is 11.6 Å². The molecule has 4 aromatic rings. The van der Waals surface area contributed by atoms with Crippen LogP contribution in [0.15, 0.2) is 53.8 Å². The number of aromatic nitrogens is 4. The van der Waals surface area contributed by atoms with Gasteiger partial charge in [-0.3, -0.25) is 14.2 Å². The molecule has 3 atom stereocenters. The Hall–Kier alpha value is -4.02. The number of ether oxygens (including phenoxy) is 1. The molecule has 4 heterocycles. The summed E-state index contributed by atoms with van der Waals surface area (Å²) in [6, 6.07) is 11.6. The van der Waals surface area contributed by atoms with Crippen molar-refractivity contribution in [1.82, 2.24) is 29.3 Å². The van der Waals surface area contributed by atoms with Crippen LogP contribution in [0.25, 0.3) is 27.5 Å². The molecule has 2 aliphatic rings. The van der Waals surface area contributed by atoms with Crippen LogP contribution < -0.4 is 15.2 Å². The van der Waals surface area contributed by atoms with E-state index in [-0.39, 0.29) is 41.1 Å². The van der Waals surface area contributed by atoms with E-state index in [0.717, 1.165) is 30.2 Å². The molecule has 0 bridgehead atoms. The van der Waals surface area contributed by atoms with E-state index in [2.05, 4.69) is 28.4 Å². The molecule has 2 fully saturated rings. The Morgan fingerprint density at radius 2 is 1.86 bits per heavy atom. The minimum atomic E-state index is -0.331. The molecule has 43 heavy (non-hydrogen) atoms. The molecule has 0 saturated carbocycles. The van der Waals surface area contributed by atoms with E-state index in [1.165, 1.54) is 6.08 Å². The minimum Gasteiger partial charge on any atom is -0.462 e. The molecule has 2 aromatic heterocycles. The number of anilines is 1. The lowest BCUT2D eigenvalue weighted by Gasteiger charge is -2.44. The topological polar surface area (TPSA) is 96.7 Å². The predicted molar refractivity (Wildman–Crippen MR) is 170 cm³/mol. The molecular weight excluding hydrogens is 566 g/mol. The second kappa shape index (κ2) is 11.6. The quantitative estimate of drug-likeness (QED) is 0.301. The molecule has 10 nitrogen and oxygen atoms in total. The number of nitrogens with zero attached hydrogens (tertiary/aromatic N) is 7. The van der Waals surface area contributed by atoms with E-state index in [1.54, 1.807) is 16.4 Å². The number of piperazine rings is 1. The van der Waals surface area contributed by atoms with Crippen LogP contribution in [0.3, 0.4) is 0 Å². The van der Waals surface area contributed by atoms with Crippen LogP contribution in [-0.4, -0.2) is 86.6 Å². The third kappa shape index (κ3) is 5.23. The predicted octanol–water partition coefficient (Wildman–Crippen LogP) is 4.38. The number of amides is 1. The summed E-state index contributed by atoms with van der Waals surface area (Å²) in [5, 5.41) is 2.22. The second-order valence-electron chi connectivity index (χ2n) is 11.6. The summed E-state index contributed by atoms with van der Waals surface area (Å²) < 4.78 is 7.76. The number of likely N-dealkylation sites (N-methyl/N-ethyl adjacent to an activating group) is 1. The zero-order valence-electron chi connectivity index (χ0n) is 25.0. The molecule has 1 amide bonds. The first kappa shape index (κ1) is 29.1. The fraction of sp³-hybridized carbons (Fsp3) is 0.406. The molecule has 11 heteroatoms. The fourth-order valence-corrected chi connectivity index (χ4v) is 6.64. The van der Waals surface area contributed by atoms with E-state index < -0.39 is 0 Å². The van der Waals surface area contributed by atoms with Gasteiger partial charge < -0.3 is 19.4 Å². The van der Waals surface area contributed by atoms with Gasteiger partial charge in [-0.1, -0.05) is 42.4 Å². The summed E-state index contributed by atoms with van der Waals surface area (Å²) >= 11 is 6.65. The van der Waals surface area contributed by atoms with Crippen molar-refractivity contribution >= 4 is 45.1 Å². The highest BCUT2D eigenvalue weighted by molar-refractivity contribution is 6.36. The SMILES string of the molecule is C=CC(=O)N1C[C@H](C)N(c2nc(OC[C@@H]3CCCN3C)nc3c(=O)n(-c4cccc5cccc(Cl)c45)c(C)nc23)C[C@@H]1C. The number of halogens is 1. The highest BCUT2D eigenvalue weighted by Crippen LogP contribution is 2.32. The van der Waals surface area contributed by atoms with Crippen LogP contribution in [-0.2, 0) is 4.79 Å². The van der Waals surface area contributed by atoms with Gasteiger partial charge in [-0.25, -0.2) is 4.98 Å². The van der Waals surface area contributed by atoms with Crippen molar-refractivity contribution in [1.29, 1.82) is 0 Å². The molecule has 2 aliphatic heterocycles. The summed E-state index contributed by atoms with van der Waals surface area (Å²) in [6.45, 7) is 11.9. The van der Waals surface area contributed by atoms with Crippen molar-refractivity contribution in [2.45, 2.75) is 51.7 Å². The normalized spacial score (nSPS) is 21.1. The molecule has 2 aromatic carbocycles. The molecular formula is C32H36ClN7O3. The maximum atomic E-state index is 14.4. The molecule has 0 aliphatic carbocycles. The summed E-state index contributed by atoms with van der Waals surface area (Å²) in [4.78, 5) is 47.5. The van der Waals surface area contributed by atoms with Gasteiger partial charge in [-0.15, -0.1) is 0 Å². The number of aryl methyl sites for hydroxylation is 1. The van der Waals surface area contributed by atoms with Gasteiger partial charge in [0, 0.05) is 36.6 Å². The van der Waals surface area contributed by atoms with E-state index in [9.17, 15) is 9.59 Å². The number of likely N-dealkylation sites (tertiary alicyclic amines) is 1. The number of carbonyl (C=O) groups excluding carboxylic acids is 1. The van der Waals surface area contributed by atoms with E-state index in [0.29, 0.717) is 47.6 Å². The average molecular weight is 602 g/mol. The van der Waals surface area contributed by atoms with Crippen LogP contribution in [0.2, 0.25) is 5.02 Å². The number of benzene rings is 2. The average Bonchev–Trinajstić information content (AvgIpc) is 3.41. The Labute approximate surface area is 255 Å². The van der Waals surface area contributed by atoms with Crippen molar-refractivity contribution in [3.63, 3.8) is 0 Å². The standard InChI is InChI=1S/C32H36ClN7O3/c1-6-26(41)38-16-20(3)39(17-19(38)2)30-28-29(35-32(36-30)43-18-23-12-9-15-37(23)5)31(42)40(21(4)34-28)25-14-8-11-22-10-7-13-24(33)27(22)25/h6-8,10-11,13-14,19-20,23H,1,9,12,15-18H2,2-5H3/t19-,20-,23-/m0/s1. The Balaban J connectivity index is 1.52. The fourth-order valence-electron chi connectivity index (χ4n) is 6.36. The van der Waals surface area contributed by atoms with Crippen molar-refractivity contribution in [2.24, 2.45) is 0 Å². The van der Waals surface area contributed by atoms with Gasteiger partial charge in [-0.2, -0.15) is 9.97 Å². The van der Waals surface area contributed by atoms with Gasteiger partial charge in [0.2, 0.25) is 5.91 Å². The van der Waals surface area contributed by atoms with Gasteiger partial charge in [0.15, 0.2) is 11.3 Å². The van der Waals surface area contributed by atoms with Gasteiger partial charge in [-0.05, 0) is 70.8 Å². The maximum Gasteiger partial charge on any atom is 0.319 e. The third-order valence-electron chi connectivity index (χ3n) is 8.71. The van der Waals surface area contributed by atoms with E-state index in [4.69, 9.17) is 26.3 Å². The summed E-state index contributed by atoms with van der Waals surface area (Å²) in [6.07, 6.45) is 3.48. The van der Waals surface area contributed by atoms with Crippen LogP contribution in [0.1, 0.15) is 32.5 Å². The van der Waals surface area contributed by atoms with Gasteiger partial charge in [0.1, 0.15) is 17.9 Å². The zero-order chi connectivity index (χ0) is 30.4. The van der Waals surface area contributed by atoms with Gasteiger partial charge >= 0.3 is 6.01 Å². The molecule has 0 spiro atoms. The van der Waals surface area contributed by atoms with Crippen LogP contribution in [0.5, 0.6) is 6.01 Å². The van der Waals surface area contributed by atoms with Crippen molar-refractivity contribution in [2.75, 3.05) is 38.2 Å². The lowest BCUT2D eigenvalue weighted by atomic mass is 10.1. The first-order valence-corrected chi connectivity index (χ1v) is 15.1. The van der Waals surface area contributed by atoms with Gasteiger partial charge in [0.05, 0.1) is 10.7 Å². The smallest absolute Gasteiger partial charge is 0.319 e. The highest BCUT2D eigenvalue weighted by Gasteiger charge is 2.34. The highest BCUT2D eigenvalue weighted by atomic mass is 35.5. The minimum absolute atomic E-state index is 0.103. The number of hydrogen-bond donors (Lipinski definition) is 0. The molecule has 2 saturated heterocycles. The number of fused-ring (bicyclic) bond motifs is 2. The zero-order valence-corrected chi connectivity index (χ0v) is 25.7. The van der Waals surface area contributed by atoms with Crippen molar-refractivity contribution < 1.29 is 9.53 Å². The largest absolute Gasteiger partial charge is 0.462 e. The molecule has 0 unspecified atom stereocenters. The molecule has 0 N–H and O–H groups in total. The van der Waals surface area contributed by atoms with Crippen molar-refractivity contribution in [3.8, 4) is 11.7 Å². The first-order chi connectivity index (χ1) is 20.7. The van der Waals surface area contributed by atoms with E-state index in [1.807, 2.05) is 50.2 Å². The summed E-state index contributed by atoms with van der Waals surface area (Å²) in [5.74, 6) is 0.896. The van der Waals surface area contributed by atoms with E-state index >= 15 is 0 Å². The summed E-state index contributed by atoms with van der Waals surface area (Å²) in [5.41, 5.74) is 0.869. The summed E-state index contributed by atoms with van der Waals surface area (Å²) in [7, 11) is 2.08. The number of rotatable bonds is 6.